The van der Waals surface area contributed by atoms with Crippen LogP contribution in [-0.4, -0.2) is 42.9 Å². The van der Waals surface area contributed by atoms with Crippen LogP contribution in [0.5, 0.6) is 0 Å². The van der Waals surface area contributed by atoms with Crippen LogP contribution >= 0.6 is 0 Å². The molecule has 1 fully saturated rings. The third kappa shape index (κ3) is 5.94. The normalized spacial score (nSPS) is 25.4. The van der Waals surface area contributed by atoms with Crippen LogP contribution in [0.15, 0.2) is 0 Å². The van der Waals surface area contributed by atoms with Crippen molar-refractivity contribution in [3.8, 4) is 0 Å². The van der Waals surface area contributed by atoms with Crippen molar-refractivity contribution in [2.45, 2.75) is 70.9 Å². The van der Waals surface area contributed by atoms with Crippen LogP contribution in [0.1, 0.15) is 47.5 Å². The number of aldehydes is 1. The van der Waals surface area contributed by atoms with Gasteiger partial charge >= 0.3 is 0 Å². The molecule has 1 aliphatic rings. The molecule has 0 saturated carbocycles. The zero-order valence-corrected chi connectivity index (χ0v) is 12.2. The monoisotopic (exact) mass is 258 g/mol. The van der Waals surface area contributed by atoms with Gasteiger partial charge < -0.3 is 19.0 Å². The minimum atomic E-state index is -0.337. The average molecular weight is 258 g/mol. The number of hydrogen-bond acceptors (Lipinski definition) is 4. The molecule has 1 rings (SSSR count). The van der Waals surface area contributed by atoms with Gasteiger partial charge in [-0.05, 0) is 47.5 Å². The summed E-state index contributed by atoms with van der Waals surface area (Å²) in [5, 5.41) is 0. The molecule has 1 aliphatic heterocycles. The van der Waals surface area contributed by atoms with Crippen LogP contribution in [0.2, 0.25) is 0 Å². The molecule has 0 aromatic rings. The molecule has 0 spiro atoms. The maximum absolute atomic E-state index is 10.6. The van der Waals surface area contributed by atoms with Gasteiger partial charge in [-0.25, -0.2) is 0 Å². The number of ether oxygens (including phenoxy) is 3. The van der Waals surface area contributed by atoms with Gasteiger partial charge in [0, 0.05) is 0 Å². The van der Waals surface area contributed by atoms with E-state index >= 15 is 0 Å². The standard InChI is InChI=1S/C14H26O4/c1-13(2,3)17-10-14(4,5)16-9-12-7-6-11(8-15)18-12/h8,11-12H,6-7,9-10H2,1-5H3. The molecule has 0 amide bonds. The van der Waals surface area contributed by atoms with Crippen molar-refractivity contribution in [1.29, 1.82) is 0 Å². The highest BCUT2D eigenvalue weighted by atomic mass is 16.6. The Kier molecular flexibility index (Phi) is 5.32. The summed E-state index contributed by atoms with van der Waals surface area (Å²) >= 11 is 0. The first-order chi connectivity index (χ1) is 8.22. The Bertz CT molecular complexity index is 267. The molecule has 0 aromatic carbocycles. The summed E-state index contributed by atoms with van der Waals surface area (Å²) in [5.74, 6) is 0. The van der Waals surface area contributed by atoms with E-state index in [2.05, 4.69) is 0 Å². The van der Waals surface area contributed by atoms with Crippen molar-refractivity contribution < 1.29 is 19.0 Å². The van der Waals surface area contributed by atoms with Gasteiger partial charge in [0.05, 0.1) is 30.5 Å². The molecule has 2 atom stereocenters. The third-order valence-corrected chi connectivity index (χ3v) is 2.80. The lowest BCUT2D eigenvalue weighted by Gasteiger charge is -2.30. The third-order valence-electron chi connectivity index (χ3n) is 2.80. The molecule has 0 N–H and O–H groups in total. The first kappa shape index (κ1) is 15.6. The minimum absolute atomic E-state index is 0.0362. The highest BCUT2D eigenvalue weighted by Gasteiger charge is 2.28. The first-order valence-electron chi connectivity index (χ1n) is 6.60. The fourth-order valence-electron chi connectivity index (χ4n) is 1.71. The van der Waals surface area contributed by atoms with E-state index in [1.54, 1.807) is 0 Å². The number of carbonyl (C=O) groups is 1. The molecule has 1 saturated heterocycles. The van der Waals surface area contributed by atoms with E-state index in [4.69, 9.17) is 14.2 Å². The molecule has 2 unspecified atom stereocenters. The van der Waals surface area contributed by atoms with Gasteiger partial charge in [-0.2, -0.15) is 0 Å². The quantitative estimate of drug-likeness (QED) is 0.686. The SMILES string of the molecule is CC(C)(C)OCC(C)(C)OCC1CCC(C=O)O1. The fourth-order valence-corrected chi connectivity index (χ4v) is 1.71. The summed E-state index contributed by atoms with van der Waals surface area (Å²) in [5.41, 5.74) is -0.497. The van der Waals surface area contributed by atoms with Crippen LogP contribution in [0.3, 0.4) is 0 Å². The second-order valence-corrected chi connectivity index (χ2v) is 6.48. The van der Waals surface area contributed by atoms with Gasteiger partial charge in [0.15, 0.2) is 0 Å². The van der Waals surface area contributed by atoms with Gasteiger partial charge in [0.25, 0.3) is 0 Å². The summed E-state index contributed by atoms with van der Waals surface area (Å²) in [4.78, 5) is 10.6. The molecule has 18 heavy (non-hydrogen) atoms. The Balaban J connectivity index is 2.27. The lowest BCUT2D eigenvalue weighted by atomic mass is 10.1. The van der Waals surface area contributed by atoms with E-state index < -0.39 is 0 Å². The highest BCUT2D eigenvalue weighted by molar-refractivity contribution is 5.56. The van der Waals surface area contributed by atoms with Crippen LogP contribution in [0, 0.1) is 0 Å². The summed E-state index contributed by atoms with van der Waals surface area (Å²) < 4.78 is 17.1. The van der Waals surface area contributed by atoms with Crippen LogP contribution in [-0.2, 0) is 19.0 Å². The van der Waals surface area contributed by atoms with E-state index in [9.17, 15) is 4.79 Å². The van der Waals surface area contributed by atoms with Crippen molar-refractivity contribution >= 4 is 6.29 Å². The van der Waals surface area contributed by atoms with E-state index in [0.29, 0.717) is 13.2 Å². The number of carbonyl (C=O) groups excluding carboxylic acids is 1. The Hall–Kier alpha value is -0.450. The van der Waals surface area contributed by atoms with E-state index in [0.717, 1.165) is 19.1 Å². The first-order valence-corrected chi connectivity index (χ1v) is 6.60. The lowest BCUT2D eigenvalue weighted by molar-refractivity contribution is -0.137. The maximum atomic E-state index is 10.6. The van der Waals surface area contributed by atoms with Gasteiger partial charge in [-0.1, -0.05) is 0 Å². The van der Waals surface area contributed by atoms with Crippen LogP contribution < -0.4 is 0 Å². The van der Waals surface area contributed by atoms with Gasteiger partial charge in [0.2, 0.25) is 0 Å². The molecule has 106 valence electrons. The summed E-state index contributed by atoms with van der Waals surface area (Å²) in [6.45, 7) is 11.1. The van der Waals surface area contributed by atoms with Gasteiger partial charge in [-0.3, -0.25) is 0 Å². The molecule has 0 radical (unpaired) electrons. The Morgan fingerprint density at radius 2 is 1.83 bits per heavy atom. The molecule has 0 bridgehead atoms. The van der Waals surface area contributed by atoms with Crippen molar-refractivity contribution in [2.24, 2.45) is 0 Å². The van der Waals surface area contributed by atoms with Crippen LogP contribution in [0.25, 0.3) is 0 Å². The molecule has 0 aromatic heterocycles. The van der Waals surface area contributed by atoms with E-state index in [1.165, 1.54) is 0 Å². The zero-order valence-electron chi connectivity index (χ0n) is 12.2. The van der Waals surface area contributed by atoms with E-state index in [-0.39, 0.29) is 23.4 Å². The van der Waals surface area contributed by atoms with Crippen molar-refractivity contribution in [2.75, 3.05) is 13.2 Å². The van der Waals surface area contributed by atoms with Crippen molar-refractivity contribution in [1.82, 2.24) is 0 Å². The Morgan fingerprint density at radius 1 is 1.17 bits per heavy atom. The smallest absolute Gasteiger partial charge is 0.148 e. The second kappa shape index (κ2) is 6.13. The highest BCUT2D eigenvalue weighted by Crippen LogP contribution is 2.21. The van der Waals surface area contributed by atoms with Crippen molar-refractivity contribution in [3.63, 3.8) is 0 Å². The fraction of sp³-hybridized carbons (Fsp3) is 0.929. The molecule has 0 aliphatic carbocycles. The summed E-state index contributed by atoms with van der Waals surface area (Å²) in [6.07, 6.45) is 2.35. The number of hydrogen-bond donors (Lipinski definition) is 0. The molecular weight excluding hydrogens is 232 g/mol. The van der Waals surface area contributed by atoms with Gasteiger partial charge in [-0.15, -0.1) is 0 Å². The van der Waals surface area contributed by atoms with Crippen LogP contribution in [0.4, 0.5) is 0 Å². The van der Waals surface area contributed by atoms with Gasteiger partial charge in [0.1, 0.15) is 12.4 Å². The largest absolute Gasteiger partial charge is 0.373 e. The minimum Gasteiger partial charge on any atom is -0.373 e. The molecule has 4 heteroatoms. The molecule has 4 nitrogen and oxygen atoms in total. The maximum Gasteiger partial charge on any atom is 0.148 e. The Labute approximate surface area is 110 Å². The molecular formula is C14H26O4. The summed E-state index contributed by atoms with van der Waals surface area (Å²) in [7, 11) is 0. The van der Waals surface area contributed by atoms with Crippen molar-refractivity contribution in [3.05, 3.63) is 0 Å². The number of rotatable bonds is 6. The second-order valence-electron chi connectivity index (χ2n) is 6.48. The summed E-state index contributed by atoms with van der Waals surface area (Å²) in [6, 6.07) is 0. The predicted octanol–water partition coefficient (Wildman–Crippen LogP) is 2.34. The Morgan fingerprint density at radius 3 is 2.33 bits per heavy atom. The molecule has 1 heterocycles. The zero-order chi connectivity index (χ0) is 13.8. The predicted molar refractivity (Wildman–Crippen MR) is 69.7 cm³/mol. The lowest BCUT2D eigenvalue weighted by Crippen LogP contribution is -2.37. The van der Waals surface area contributed by atoms with E-state index in [1.807, 2.05) is 34.6 Å². The average Bonchev–Trinajstić information content (AvgIpc) is 2.71. The topological polar surface area (TPSA) is 44.8 Å².